The molecule has 4 saturated heterocycles. The van der Waals surface area contributed by atoms with Crippen LogP contribution in [0, 0.1) is 0 Å². The van der Waals surface area contributed by atoms with Gasteiger partial charge in [-0.1, -0.05) is 0 Å². The average molecular weight is 1940 g/mol. The van der Waals surface area contributed by atoms with E-state index in [-0.39, 0.29) is 18.6 Å². The number of anilines is 13. The number of imidazole rings is 4. The van der Waals surface area contributed by atoms with E-state index in [0.717, 1.165) is 259 Å². The first-order valence-electron chi connectivity index (χ1n) is 47.3. The Hall–Kier alpha value is -14.9. The second kappa shape index (κ2) is 42.0. The highest BCUT2D eigenvalue weighted by molar-refractivity contribution is 7.99. The Bertz CT molecular complexity index is 7250. The first-order chi connectivity index (χ1) is 69.2. The van der Waals surface area contributed by atoms with E-state index in [2.05, 4.69) is 155 Å². The molecule has 141 heavy (non-hydrogen) atoms. The third kappa shape index (κ3) is 20.6. The van der Waals surface area contributed by atoms with Gasteiger partial charge in [0.15, 0.2) is 52.5 Å². The summed E-state index contributed by atoms with van der Waals surface area (Å²) in [5, 5.41) is 15.6. The van der Waals surface area contributed by atoms with E-state index in [1.54, 1.807) is 70.5 Å². The number of pyridine rings is 4. The molecule has 0 bridgehead atoms. The number of rotatable bonds is 21. The molecule has 24 rings (SSSR count). The molecule has 0 spiro atoms. The van der Waals surface area contributed by atoms with Crippen molar-refractivity contribution >= 4 is 126 Å². The minimum absolute atomic E-state index is 0.0169. The summed E-state index contributed by atoms with van der Waals surface area (Å²) in [5.74, 6) is 7.84. The van der Waals surface area contributed by atoms with Crippen LogP contribution >= 0.6 is 11.8 Å². The molecule has 724 valence electrons. The fraction of sp³-hybridized carbons (Fsp3) is 0.324. The van der Waals surface area contributed by atoms with Crippen LogP contribution in [0.25, 0.3) is 67.6 Å². The number of amides is 1. The van der Waals surface area contributed by atoms with Crippen LogP contribution in [0.3, 0.4) is 0 Å². The van der Waals surface area contributed by atoms with Crippen LogP contribution in [0.4, 0.5) is 74.5 Å². The van der Waals surface area contributed by atoms with E-state index in [1.807, 2.05) is 134 Å². The van der Waals surface area contributed by atoms with E-state index in [4.69, 9.17) is 67.6 Å². The van der Waals surface area contributed by atoms with Gasteiger partial charge in [0.1, 0.15) is 28.0 Å². The number of hydrogen-bond donors (Lipinski definition) is 4. The number of fused-ring (bicyclic) bond motifs is 8. The van der Waals surface area contributed by atoms with Gasteiger partial charge in [-0.3, -0.25) is 9.00 Å². The Morgan fingerprint density at radius 2 is 0.865 bits per heavy atom. The number of nitrogens with one attached hydrogen (secondary N) is 4. The normalized spacial score (nSPS) is 16.8. The molecule has 2 unspecified atom stereocenters. The van der Waals surface area contributed by atoms with Crippen molar-refractivity contribution in [2.75, 3.05) is 218 Å². The van der Waals surface area contributed by atoms with E-state index in [9.17, 15) is 9.00 Å². The summed E-state index contributed by atoms with van der Waals surface area (Å²) >= 11 is 1.83. The summed E-state index contributed by atoms with van der Waals surface area (Å²) in [5.41, 5.74) is 21.6. The molecule has 1 amide bonds. The molecule has 8 aliphatic heterocycles. The van der Waals surface area contributed by atoms with Gasteiger partial charge in [-0.2, -0.15) is 0 Å². The SMILES string of the molecule is CN(C)CC1CN(c2ccc(Nc3nc(-c4cnc5c(c4)CCCO5)cn4ccnc34)cc2)CCO1.COc1cc(Nc2nc(-c3cnc4c(c3)CCCS4)cn3ccnc23)ccc1N1CCOCC1.COc1cc(Nc2nc(-c3cnc4c(c3)CCCS4=O)cn3ccnc23)ccc1N1CCOCC1.COc1cc(Nc2nc(-c3cnc4c(c3)N(C)C(=O)CO4)cn3ccnc23)ccc1N1CCOCC1. The molecule has 16 aromatic rings. The first kappa shape index (κ1) is 92.5. The molecule has 4 N–H and O–H groups in total. The third-order valence-electron chi connectivity index (χ3n) is 25.6. The summed E-state index contributed by atoms with van der Waals surface area (Å²) in [7, 11) is 9.92. The fourth-order valence-corrected chi connectivity index (χ4v) is 20.6. The highest BCUT2D eigenvalue weighted by atomic mass is 32.2. The quantitative estimate of drug-likeness (QED) is 0.0519. The van der Waals surface area contributed by atoms with Crippen LogP contribution in [0.2, 0.25) is 0 Å². The standard InChI is InChI=1S/C27H31N7O2.C25H25N7O4.C25H26N6O3S.C25H26N6O2S/c1-32(2)16-23-17-33(11-13-35-23)22-7-5-21(6-8-22)30-25-26-28-9-10-34(26)18-24(31-25)20-14-19-4-3-12-36-27(19)29-15-20;1-30-20-11-16(13-27-25(20)36-15-22(30)33)18-14-32-6-5-26-24(32)23(29-18)28-17-3-4-19(21(12-17)34-2)31-7-9-35-10-8-31;1-33-22-14-19(4-5-21(22)30-8-10-34-11-9-30)28-23-24-26-6-7-31(24)16-20(29-23)18-13-17-3-2-12-35(32)25(17)27-15-18;1-32-22-14-19(4-5-21(22)30-8-10-33-11-9-30)28-23-24-26-6-7-31(24)16-20(29-23)18-13-17-3-2-12-34-25(17)27-15-18/h5-10,14-15,18,23H,3-4,11-13,16-17H2,1-2H3,(H,30,31);3-6,11-14H,7-10,15H2,1-2H3,(H,28,29);4-7,13-16H,2-3,8-12H2,1H3,(H,28,29);4-7,13-16H,2-3,8-12H2,1H3,(H,28,29). The number of aryl methyl sites for hydroxylation is 3. The van der Waals surface area contributed by atoms with Crippen molar-refractivity contribution in [3.8, 4) is 74.0 Å². The maximum absolute atomic E-state index is 12.3. The number of likely N-dealkylation sites (N-methyl/N-ethyl adjacent to an activating group) is 2. The van der Waals surface area contributed by atoms with Crippen molar-refractivity contribution in [1.29, 1.82) is 0 Å². The lowest BCUT2D eigenvalue weighted by molar-refractivity contribution is -0.121. The zero-order valence-electron chi connectivity index (χ0n) is 79.2. The maximum Gasteiger partial charge on any atom is 0.264 e. The third-order valence-corrected chi connectivity index (χ3v) is 28.2. The van der Waals surface area contributed by atoms with Crippen LogP contribution < -0.4 is 69.5 Å². The van der Waals surface area contributed by atoms with E-state index >= 15 is 0 Å². The molecular weight excluding hydrogens is 1830 g/mol. The van der Waals surface area contributed by atoms with Gasteiger partial charge < -0.3 is 111 Å². The number of ether oxygens (including phenoxy) is 9. The van der Waals surface area contributed by atoms with E-state index < -0.39 is 10.8 Å². The fourth-order valence-electron chi connectivity index (χ4n) is 18.4. The summed E-state index contributed by atoms with van der Waals surface area (Å²) in [4.78, 5) is 80.8. The van der Waals surface area contributed by atoms with Gasteiger partial charge in [0.2, 0.25) is 11.8 Å². The Labute approximate surface area is 820 Å². The van der Waals surface area contributed by atoms with Crippen LogP contribution in [0.5, 0.6) is 29.0 Å². The van der Waals surface area contributed by atoms with Gasteiger partial charge in [0.05, 0.1) is 136 Å². The number of carbonyl (C=O) groups excluding carboxylic acids is 1. The highest BCUT2D eigenvalue weighted by Gasteiger charge is 2.30. The van der Waals surface area contributed by atoms with Gasteiger partial charge >= 0.3 is 0 Å². The molecule has 0 saturated carbocycles. The Balaban J connectivity index is 0.000000111. The monoisotopic (exact) mass is 1940 g/mol. The summed E-state index contributed by atoms with van der Waals surface area (Å²) < 4.78 is 70.8. The molecule has 4 aromatic carbocycles. The van der Waals surface area contributed by atoms with Crippen LogP contribution in [0.1, 0.15) is 36.0 Å². The predicted molar refractivity (Wildman–Crippen MR) is 544 cm³/mol. The van der Waals surface area contributed by atoms with Crippen molar-refractivity contribution in [2.45, 2.75) is 54.7 Å². The maximum atomic E-state index is 12.3. The first-order valence-corrected chi connectivity index (χ1v) is 49.6. The largest absolute Gasteiger partial charge is 0.495 e. The second-order valence-corrected chi connectivity index (χ2v) is 37.7. The minimum Gasteiger partial charge on any atom is -0.495 e. The molecule has 4 fully saturated rings. The lowest BCUT2D eigenvalue weighted by atomic mass is 10.1. The Morgan fingerprint density at radius 3 is 1.35 bits per heavy atom. The topological polar surface area (TPSA) is 357 Å². The molecule has 8 aliphatic rings. The molecule has 20 heterocycles. The van der Waals surface area contributed by atoms with Crippen molar-refractivity contribution in [2.24, 2.45) is 0 Å². The Morgan fingerprint density at radius 1 is 0.440 bits per heavy atom. The van der Waals surface area contributed by atoms with Crippen LogP contribution in [-0.4, -0.2) is 271 Å². The lowest BCUT2D eigenvalue weighted by Crippen LogP contribution is -2.46. The summed E-state index contributed by atoms with van der Waals surface area (Å²) in [6.45, 7) is 13.5. The Kier molecular flexibility index (Phi) is 27.6. The van der Waals surface area contributed by atoms with Crippen LogP contribution in [-0.2, 0) is 53.8 Å². The highest BCUT2D eigenvalue weighted by Crippen LogP contribution is 2.42. The second-order valence-electron chi connectivity index (χ2n) is 35.1. The predicted octanol–water partition coefficient (Wildman–Crippen LogP) is 14.2. The van der Waals surface area contributed by atoms with Crippen LogP contribution in [0.15, 0.2) is 212 Å². The van der Waals surface area contributed by atoms with Gasteiger partial charge in [0.25, 0.3) is 5.91 Å². The molecule has 0 radical (unpaired) electrons. The molecule has 39 heteroatoms. The van der Waals surface area contributed by atoms with Gasteiger partial charge in [-0.05, 0) is 154 Å². The number of thioether (sulfide) groups is 1. The van der Waals surface area contributed by atoms with Gasteiger partial charge in [-0.15, -0.1) is 11.8 Å². The lowest BCUT2D eigenvalue weighted by Gasteiger charge is -2.35. The smallest absolute Gasteiger partial charge is 0.264 e. The molecule has 12 aromatic heterocycles. The van der Waals surface area contributed by atoms with Crippen molar-refractivity contribution in [1.82, 2.24) is 82.3 Å². The number of hydrogen-bond acceptors (Lipinski definition) is 33. The number of carbonyl (C=O) groups is 1. The van der Waals surface area contributed by atoms with Crippen molar-refractivity contribution in [3.63, 3.8) is 0 Å². The molecule has 2 atom stereocenters. The average Bonchev–Trinajstić information content (AvgIpc) is 1.77. The summed E-state index contributed by atoms with van der Waals surface area (Å²) in [6, 6.07) is 35.0. The molecule has 37 nitrogen and oxygen atoms in total. The molecular formula is C102H108N26O11S2. The van der Waals surface area contributed by atoms with Gasteiger partial charge in [0, 0.05) is 245 Å². The number of aromatic nitrogens is 16. The zero-order chi connectivity index (χ0) is 95.8. The number of nitrogens with zero attached hydrogens (tertiary/aromatic N) is 22. The van der Waals surface area contributed by atoms with E-state index in [0.29, 0.717) is 83.4 Å². The van der Waals surface area contributed by atoms with Crippen molar-refractivity contribution < 1.29 is 51.6 Å². The number of methoxy groups -OCH3 is 3. The van der Waals surface area contributed by atoms with Gasteiger partial charge in [-0.25, -0.2) is 59.8 Å². The number of morpholine rings is 4. The van der Waals surface area contributed by atoms with E-state index in [1.165, 1.54) is 17.7 Å². The summed E-state index contributed by atoms with van der Waals surface area (Å²) in [6.07, 6.45) is 36.0. The number of benzene rings is 4. The zero-order valence-corrected chi connectivity index (χ0v) is 80.8. The molecule has 0 aliphatic carbocycles. The van der Waals surface area contributed by atoms with Crippen molar-refractivity contribution in [3.05, 3.63) is 219 Å². The minimum atomic E-state index is -1.02.